The van der Waals surface area contributed by atoms with E-state index < -0.39 is 0 Å². The standard InChI is InChI=1S/C19H18Cl3N3OS/c1-10(2)25(4)9-23-15-7-11(3)16(8-14(15)22)26-19-17-12(20)5-6-13(21)18(17)24-27-19/h5-10H,1-4H3. The Balaban J connectivity index is 1.93. The number of hydrogen-bond donors (Lipinski definition) is 0. The largest absolute Gasteiger partial charge is 0.444 e. The second-order valence-corrected chi connectivity index (χ2v) is 8.36. The van der Waals surface area contributed by atoms with Crippen LogP contribution in [0.1, 0.15) is 19.4 Å². The summed E-state index contributed by atoms with van der Waals surface area (Å²) in [6.07, 6.45) is 1.77. The average molecular weight is 443 g/mol. The monoisotopic (exact) mass is 441 g/mol. The molecule has 1 aromatic heterocycles. The van der Waals surface area contributed by atoms with Crippen molar-refractivity contribution in [3.05, 3.63) is 44.9 Å². The highest BCUT2D eigenvalue weighted by atomic mass is 35.5. The van der Waals surface area contributed by atoms with Gasteiger partial charge < -0.3 is 9.64 Å². The molecule has 3 rings (SSSR count). The Labute approximate surface area is 177 Å². The number of fused-ring (bicyclic) bond motifs is 1. The van der Waals surface area contributed by atoms with Crippen molar-refractivity contribution in [2.75, 3.05) is 7.05 Å². The van der Waals surface area contributed by atoms with Gasteiger partial charge in [-0.2, -0.15) is 4.37 Å². The van der Waals surface area contributed by atoms with Crippen LogP contribution in [-0.4, -0.2) is 28.7 Å². The molecule has 0 fully saturated rings. The predicted octanol–water partition coefficient (Wildman–Crippen LogP) is 7.36. The Morgan fingerprint density at radius 2 is 1.85 bits per heavy atom. The van der Waals surface area contributed by atoms with Crippen LogP contribution in [0.25, 0.3) is 10.9 Å². The first-order chi connectivity index (χ1) is 12.8. The second-order valence-electron chi connectivity index (χ2n) is 6.40. The van der Waals surface area contributed by atoms with Crippen LogP contribution in [0.5, 0.6) is 10.8 Å². The van der Waals surface area contributed by atoms with Crippen molar-refractivity contribution < 1.29 is 4.74 Å². The number of ether oxygens (including phenoxy) is 1. The van der Waals surface area contributed by atoms with Crippen molar-refractivity contribution in [2.45, 2.75) is 26.8 Å². The van der Waals surface area contributed by atoms with E-state index >= 15 is 0 Å². The number of hydrogen-bond acceptors (Lipinski definition) is 4. The van der Waals surface area contributed by atoms with E-state index in [9.17, 15) is 0 Å². The van der Waals surface area contributed by atoms with Crippen LogP contribution in [-0.2, 0) is 0 Å². The fourth-order valence-electron chi connectivity index (χ4n) is 2.27. The van der Waals surface area contributed by atoms with Crippen molar-refractivity contribution in [3.63, 3.8) is 0 Å². The summed E-state index contributed by atoms with van der Waals surface area (Å²) in [5.41, 5.74) is 2.22. The van der Waals surface area contributed by atoms with E-state index in [1.54, 1.807) is 24.5 Å². The van der Waals surface area contributed by atoms with Gasteiger partial charge in [0.1, 0.15) is 11.3 Å². The minimum atomic E-state index is 0.354. The molecule has 0 spiro atoms. The van der Waals surface area contributed by atoms with Gasteiger partial charge in [0.05, 0.1) is 32.5 Å². The summed E-state index contributed by atoms with van der Waals surface area (Å²) in [5.74, 6) is 0.623. The molecule has 0 radical (unpaired) electrons. The van der Waals surface area contributed by atoms with Crippen molar-refractivity contribution in [1.29, 1.82) is 0 Å². The molecule has 0 aliphatic heterocycles. The minimum absolute atomic E-state index is 0.354. The summed E-state index contributed by atoms with van der Waals surface area (Å²) in [6.45, 7) is 6.12. The maximum Gasteiger partial charge on any atom is 0.209 e. The molecular weight excluding hydrogens is 425 g/mol. The number of benzene rings is 2. The van der Waals surface area contributed by atoms with Crippen LogP contribution in [0, 0.1) is 6.92 Å². The molecule has 0 N–H and O–H groups in total. The van der Waals surface area contributed by atoms with Crippen LogP contribution in [0.3, 0.4) is 0 Å². The molecule has 0 aliphatic rings. The van der Waals surface area contributed by atoms with Gasteiger partial charge >= 0.3 is 0 Å². The third-order valence-corrected chi connectivity index (χ3v) is 5.79. The van der Waals surface area contributed by atoms with Gasteiger partial charge in [-0.1, -0.05) is 34.8 Å². The molecule has 0 amide bonds. The first-order valence-corrected chi connectivity index (χ1v) is 10.2. The Kier molecular flexibility index (Phi) is 6.16. The summed E-state index contributed by atoms with van der Waals surface area (Å²) < 4.78 is 10.4. The summed E-state index contributed by atoms with van der Waals surface area (Å²) in [7, 11) is 1.97. The second kappa shape index (κ2) is 8.23. The number of aryl methyl sites for hydroxylation is 1. The zero-order valence-electron chi connectivity index (χ0n) is 15.3. The highest BCUT2D eigenvalue weighted by molar-refractivity contribution is 7.09. The zero-order valence-corrected chi connectivity index (χ0v) is 18.3. The lowest BCUT2D eigenvalue weighted by Crippen LogP contribution is -2.24. The van der Waals surface area contributed by atoms with E-state index in [4.69, 9.17) is 39.5 Å². The third-order valence-electron chi connectivity index (χ3n) is 4.14. The predicted molar refractivity (Wildman–Crippen MR) is 117 cm³/mol. The van der Waals surface area contributed by atoms with Gasteiger partial charge in [0.2, 0.25) is 5.06 Å². The number of halogens is 3. The highest BCUT2D eigenvalue weighted by Crippen LogP contribution is 2.43. The Morgan fingerprint density at radius 1 is 1.15 bits per heavy atom. The molecule has 0 saturated heterocycles. The summed E-state index contributed by atoms with van der Waals surface area (Å²) in [6, 6.07) is 7.45. The van der Waals surface area contributed by atoms with E-state index in [-0.39, 0.29) is 0 Å². The maximum absolute atomic E-state index is 6.41. The SMILES string of the molecule is Cc1cc(N=CN(C)C(C)C)c(Cl)cc1Oc1snc2c(Cl)ccc(Cl)c12. The maximum atomic E-state index is 6.41. The lowest BCUT2D eigenvalue weighted by Gasteiger charge is -2.17. The quantitative estimate of drug-likeness (QED) is 0.306. The lowest BCUT2D eigenvalue weighted by molar-refractivity contribution is 0.429. The lowest BCUT2D eigenvalue weighted by atomic mass is 10.2. The highest BCUT2D eigenvalue weighted by Gasteiger charge is 2.16. The number of aliphatic imine (C=N–C) groups is 1. The Bertz CT molecular complexity index is 1020. The number of aromatic nitrogens is 1. The molecule has 3 aromatic rings. The van der Waals surface area contributed by atoms with Crippen LogP contribution in [0.4, 0.5) is 5.69 Å². The topological polar surface area (TPSA) is 37.7 Å². The van der Waals surface area contributed by atoms with Crippen molar-refractivity contribution in [3.8, 4) is 10.8 Å². The van der Waals surface area contributed by atoms with E-state index in [2.05, 4.69) is 23.2 Å². The van der Waals surface area contributed by atoms with Crippen molar-refractivity contribution >= 4 is 69.3 Å². The van der Waals surface area contributed by atoms with Gasteiger partial charge in [0, 0.05) is 30.7 Å². The van der Waals surface area contributed by atoms with Gasteiger partial charge in [0.15, 0.2) is 0 Å². The van der Waals surface area contributed by atoms with Crippen molar-refractivity contribution in [1.82, 2.24) is 9.27 Å². The van der Waals surface area contributed by atoms with E-state index in [0.29, 0.717) is 48.5 Å². The molecule has 0 bridgehead atoms. The Hall–Kier alpha value is -1.53. The summed E-state index contributed by atoms with van der Waals surface area (Å²) >= 11 is 20.1. The van der Waals surface area contributed by atoms with E-state index in [1.807, 2.05) is 24.9 Å². The fourth-order valence-corrected chi connectivity index (χ4v) is 3.81. The zero-order chi connectivity index (χ0) is 19.7. The van der Waals surface area contributed by atoms with Crippen LogP contribution < -0.4 is 4.74 Å². The van der Waals surface area contributed by atoms with Crippen LogP contribution in [0.2, 0.25) is 15.1 Å². The molecule has 0 saturated carbocycles. The molecule has 27 heavy (non-hydrogen) atoms. The molecular formula is C19H18Cl3N3OS. The summed E-state index contributed by atoms with van der Waals surface area (Å²) in [4.78, 5) is 6.47. The number of rotatable bonds is 5. The van der Waals surface area contributed by atoms with Gasteiger partial charge in [-0.05, 0) is 44.5 Å². The number of nitrogens with zero attached hydrogens (tertiary/aromatic N) is 3. The van der Waals surface area contributed by atoms with Crippen molar-refractivity contribution in [2.24, 2.45) is 4.99 Å². The molecule has 142 valence electrons. The van der Waals surface area contributed by atoms with Crippen LogP contribution in [0.15, 0.2) is 29.3 Å². The fraction of sp³-hybridized carbons (Fsp3) is 0.263. The molecule has 4 nitrogen and oxygen atoms in total. The average Bonchev–Trinajstić information content (AvgIpc) is 3.04. The van der Waals surface area contributed by atoms with E-state index in [1.165, 1.54) is 11.5 Å². The van der Waals surface area contributed by atoms with Crippen LogP contribution >= 0.6 is 46.3 Å². The molecule has 1 heterocycles. The van der Waals surface area contributed by atoms with Gasteiger partial charge in [-0.3, -0.25) is 0 Å². The molecule has 0 unspecified atom stereocenters. The first-order valence-electron chi connectivity index (χ1n) is 8.25. The first kappa shape index (κ1) is 20.2. The normalized spacial score (nSPS) is 11.7. The molecule has 2 aromatic carbocycles. The van der Waals surface area contributed by atoms with Gasteiger partial charge in [-0.15, -0.1) is 0 Å². The molecule has 0 atom stereocenters. The molecule has 8 heteroatoms. The van der Waals surface area contributed by atoms with Gasteiger partial charge in [0.25, 0.3) is 0 Å². The van der Waals surface area contributed by atoms with E-state index in [0.717, 1.165) is 5.56 Å². The Morgan fingerprint density at radius 3 is 2.56 bits per heavy atom. The third kappa shape index (κ3) is 4.32. The van der Waals surface area contributed by atoms with Gasteiger partial charge in [-0.25, -0.2) is 4.99 Å². The minimum Gasteiger partial charge on any atom is -0.444 e. The molecule has 0 aliphatic carbocycles. The summed E-state index contributed by atoms with van der Waals surface area (Å²) in [5, 5.41) is 2.86. The smallest absolute Gasteiger partial charge is 0.209 e.